The molecule has 0 fully saturated rings. The van der Waals surface area contributed by atoms with E-state index in [1.807, 2.05) is 0 Å². The molecule has 29 heavy (non-hydrogen) atoms. The zero-order valence-corrected chi connectivity index (χ0v) is 15.4. The van der Waals surface area contributed by atoms with Gasteiger partial charge < -0.3 is 10.8 Å². The average Bonchev–Trinajstić information content (AvgIpc) is 2.68. The van der Waals surface area contributed by atoms with Gasteiger partial charge in [0, 0.05) is 11.1 Å². The highest BCUT2D eigenvalue weighted by atomic mass is 35.5. The van der Waals surface area contributed by atoms with Crippen molar-refractivity contribution in [3.05, 3.63) is 76.1 Å². The molecule has 5 N–H and O–H groups in total. The Bertz CT molecular complexity index is 1110. The monoisotopic (exact) mass is 422 g/mol. The fourth-order valence-electron chi connectivity index (χ4n) is 2.66. The van der Waals surface area contributed by atoms with Gasteiger partial charge in [-0.3, -0.25) is 5.01 Å². The normalized spacial score (nSPS) is 10.8. The van der Waals surface area contributed by atoms with E-state index in [0.29, 0.717) is 0 Å². The van der Waals surface area contributed by atoms with E-state index in [1.54, 1.807) is 0 Å². The lowest BCUT2D eigenvalue weighted by molar-refractivity contribution is 0.0692. The third-order valence-corrected chi connectivity index (χ3v) is 4.55. The molecule has 0 atom stereocenters. The van der Waals surface area contributed by atoms with Gasteiger partial charge in [0.1, 0.15) is 17.5 Å². The number of nitrogens with two attached hydrogens (primary N) is 2. The number of aromatic carboxylic acids is 1. The number of hydrazine groups is 1. The molecular formula is C19H14ClF3N4O2. The zero-order chi connectivity index (χ0) is 21.3. The van der Waals surface area contributed by atoms with Crippen molar-refractivity contribution in [3.63, 3.8) is 0 Å². The second-order valence-electron chi connectivity index (χ2n) is 6.06. The number of rotatable bonds is 5. The highest BCUT2D eigenvalue weighted by molar-refractivity contribution is 6.31. The lowest BCUT2D eigenvalue weighted by Crippen LogP contribution is -2.32. The third kappa shape index (κ3) is 4.10. The summed E-state index contributed by atoms with van der Waals surface area (Å²) in [5.41, 5.74) is 5.87. The summed E-state index contributed by atoms with van der Waals surface area (Å²) in [7, 11) is 0. The van der Waals surface area contributed by atoms with Crippen LogP contribution in [0.15, 0.2) is 42.5 Å². The van der Waals surface area contributed by atoms with Crippen LogP contribution in [0.1, 0.15) is 15.9 Å². The van der Waals surface area contributed by atoms with Crippen molar-refractivity contribution in [1.82, 2.24) is 4.98 Å². The largest absolute Gasteiger partial charge is 0.478 e. The smallest absolute Gasteiger partial charge is 0.338 e. The third-order valence-electron chi connectivity index (χ3n) is 4.14. The van der Waals surface area contributed by atoms with Crippen molar-refractivity contribution >= 4 is 29.1 Å². The van der Waals surface area contributed by atoms with Gasteiger partial charge in [0.15, 0.2) is 5.82 Å². The summed E-state index contributed by atoms with van der Waals surface area (Å²) in [5.74, 6) is 2.07. The van der Waals surface area contributed by atoms with Crippen LogP contribution in [0.2, 0.25) is 5.02 Å². The van der Waals surface area contributed by atoms with Crippen LogP contribution in [-0.2, 0) is 6.54 Å². The number of carbonyl (C=O) groups is 1. The van der Waals surface area contributed by atoms with Gasteiger partial charge in [0.25, 0.3) is 0 Å². The molecule has 2 aromatic carbocycles. The van der Waals surface area contributed by atoms with E-state index in [-0.39, 0.29) is 34.9 Å². The minimum atomic E-state index is -1.40. The summed E-state index contributed by atoms with van der Waals surface area (Å²) in [6.45, 7) is -0.338. The zero-order valence-electron chi connectivity index (χ0n) is 14.7. The number of pyridine rings is 1. The fraction of sp³-hybridized carbons (Fsp3) is 0.0526. The molecule has 0 aliphatic heterocycles. The van der Waals surface area contributed by atoms with Crippen LogP contribution in [0.4, 0.5) is 24.7 Å². The van der Waals surface area contributed by atoms with Crippen molar-refractivity contribution in [1.29, 1.82) is 0 Å². The van der Waals surface area contributed by atoms with Crippen LogP contribution < -0.4 is 16.6 Å². The molecule has 3 aromatic rings. The number of nitrogen functional groups attached to an aromatic ring is 1. The van der Waals surface area contributed by atoms with E-state index >= 15 is 0 Å². The molecule has 0 saturated heterocycles. The van der Waals surface area contributed by atoms with Gasteiger partial charge in [0.2, 0.25) is 0 Å². The molecule has 1 aromatic heterocycles. The number of aromatic nitrogens is 1. The van der Waals surface area contributed by atoms with Crippen molar-refractivity contribution in [3.8, 4) is 11.3 Å². The van der Waals surface area contributed by atoms with Crippen LogP contribution in [0.25, 0.3) is 11.3 Å². The molecule has 0 radical (unpaired) electrons. The van der Waals surface area contributed by atoms with Crippen LogP contribution in [-0.4, -0.2) is 16.1 Å². The first-order chi connectivity index (χ1) is 13.7. The molecule has 1 heterocycles. The number of carboxylic acid groups (broad SMARTS) is 1. The minimum Gasteiger partial charge on any atom is -0.478 e. The summed E-state index contributed by atoms with van der Waals surface area (Å²) in [6, 6.07) is 8.23. The molecule has 0 amide bonds. The topological polar surface area (TPSA) is 105 Å². The molecule has 0 aliphatic carbocycles. The summed E-state index contributed by atoms with van der Waals surface area (Å²) in [5, 5.41) is 9.48. The van der Waals surface area contributed by atoms with Gasteiger partial charge in [-0.05, 0) is 36.4 Å². The SMILES string of the molecule is Nc1ccc(-c2ccc(C(=O)O)c(F)c2)nc1N(N)Cc1c(F)ccc(F)c1Cl. The van der Waals surface area contributed by atoms with E-state index in [1.165, 1.54) is 18.2 Å². The van der Waals surface area contributed by atoms with Gasteiger partial charge in [-0.25, -0.2) is 28.8 Å². The van der Waals surface area contributed by atoms with Gasteiger partial charge in [-0.2, -0.15) is 0 Å². The summed E-state index contributed by atoms with van der Waals surface area (Å²) in [6.07, 6.45) is 0. The minimum absolute atomic E-state index is 0.0185. The summed E-state index contributed by atoms with van der Waals surface area (Å²) < 4.78 is 41.6. The predicted octanol–water partition coefficient (Wildman–Crippen LogP) is 3.98. The number of carboxylic acids is 1. The van der Waals surface area contributed by atoms with Crippen molar-refractivity contribution in [2.45, 2.75) is 6.54 Å². The van der Waals surface area contributed by atoms with Crippen LogP contribution in [0, 0.1) is 17.5 Å². The molecule has 0 bridgehead atoms. The Morgan fingerprint density at radius 1 is 1.07 bits per heavy atom. The van der Waals surface area contributed by atoms with Gasteiger partial charge in [-0.15, -0.1) is 0 Å². The fourth-order valence-corrected chi connectivity index (χ4v) is 2.87. The van der Waals surface area contributed by atoms with Crippen molar-refractivity contribution < 1.29 is 23.1 Å². The number of halogens is 4. The van der Waals surface area contributed by atoms with Gasteiger partial charge >= 0.3 is 5.97 Å². The lowest BCUT2D eigenvalue weighted by atomic mass is 10.1. The Morgan fingerprint density at radius 2 is 1.76 bits per heavy atom. The maximum absolute atomic E-state index is 14.0. The van der Waals surface area contributed by atoms with Gasteiger partial charge in [-0.1, -0.05) is 17.7 Å². The number of hydrogen-bond donors (Lipinski definition) is 3. The maximum Gasteiger partial charge on any atom is 0.338 e. The first-order valence-electron chi connectivity index (χ1n) is 8.13. The van der Waals surface area contributed by atoms with E-state index in [4.69, 9.17) is 28.3 Å². The Kier molecular flexibility index (Phi) is 5.62. The Labute approximate surface area is 168 Å². The van der Waals surface area contributed by atoms with Crippen LogP contribution >= 0.6 is 11.6 Å². The van der Waals surface area contributed by atoms with E-state index in [0.717, 1.165) is 29.3 Å². The molecule has 0 saturated carbocycles. The first-order valence-corrected chi connectivity index (χ1v) is 8.51. The predicted molar refractivity (Wildman–Crippen MR) is 103 cm³/mol. The highest BCUT2D eigenvalue weighted by Crippen LogP contribution is 2.29. The summed E-state index contributed by atoms with van der Waals surface area (Å²) in [4.78, 5) is 15.2. The van der Waals surface area contributed by atoms with Crippen LogP contribution in [0.3, 0.4) is 0 Å². The molecule has 3 rings (SSSR count). The second kappa shape index (κ2) is 7.98. The van der Waals surface area contributed by atoms with Crippen LogP contribution in [0.5, 0.6) is 0 Å². The highest BCUT2D eigenvalue weighted by Gasteiger charge is 2.18. The number of nitrogens with zero attached hydrogens (tertiary/aromatic N) is 2. The van der Waals surface area contributed by atoms with E-state index < -0.39 is 34.0 Å². The Hall–Kier alpha value is -3.30. The molecule has 10 heteroatoms. The molecular weight excluding hydrogens is 409 g/mol. The van der Waals surface area contributed by atoms with E-state index in [2.05, 4.69) is 4.98 Å². The molecule has 0 aliphatic rings. The van der Waals surface area contributed by atoms with Crippen molar-refractivity contribution in [2.24, 2.45) is 5.84 Å². The molecule has 150 valence electrons. The lowest BCUT2D eigenvalue weighted by Gasteiger charge is -2.21. The quantitative estimate of drug-likeness (QED) is 0.326. The number of benzene rings is 2. The molecule has 6 nitrogen and oxygen atoms in total. The molecule has 0 spiro atoms. The first kappa shape index (κ1) is 20.4. The Morgan fingerprint density at radius 3 is 2.41 bits per heavy atom. The number of hydrogen-bond acceptors (Lipinski definition) is 5. The Balaban J connectivity index is 1.97. The summed E-state index contributed by atoms with van der Waals surface area (Å²) >= 11 is 5.82. The van der Waals surface area contributed by atoms with E-state index in [9.17, 15) is 18.0 Å². The maximum atomic E-state index is 14.0. The van der Waals surface area contributed by atoms with Gasteiger partial charge in [0.05, 0.1) is 28.5 Å². The molecule has 0 unspecified atom stereocenters. The number of anilines is 2. The average molecular weight is 423 g/mol. The second-order valence-corrected chi connectivity index (χ2v) is 6.44. The standard InChI is InChI=1S/C19H14ClF3N4O2/c20-17-11(12(21)3-4-13(17)22)8-27(25)18-15(24)5-6-16(26-18)9-1-2-10(19(28)29)14(23)7-9/h1-7H,8,24-25H2,(H,28,29). The van der Waals surface area contributed by atoms with Crippen molar-refractivity contribution in [2.75, 3.05) is 10.7 Å².